The van der Waals surface area contributed by atoms with Crippen LogP contribution in [-0.2, 0) is 6.42 Å². The Morgan fingerprint density at radius 3 is 2.53 bits per heavy atom. The van der Waals surface area contributed by atoms with Crippen LogP contribution in [0.25, 0.3) is 0 Å². The maximum atomic E-state index is 12.0. The molecule has 2 aromatic rings. The van der Waals surface area contributed by atoms with E-state index in [1.54, 1.807) is 6.20 Å². The van der Waals surface area contributed by atoms with Gasteiger partial charge in [0.05, 0.1) is 6.42 Å². The summed E-state index contributed by atoms with van der Waals surface area (Å²) in [5.74, 6) is 0.633. The van der Waals surface area contributed by atoms with E-state index in [2.05, 4.69) is 18.8 Å². The molecule has 1 heterocycles. The first kappa shape index (κ1) is 12.0. The van der Waals surface area contributed by atoms with Gasteiger partial charge in [0.15, 0.2) is 5.78 Å². The molecular formula is C14H15NOS. The van der Waals surface area contributed by atoms with Crippen molar-refractivity contribution in [3.05, 3.63) is 52.0 Å². The van der Waals surface area contributed by atoms with E-state index < -0.39 is 0 Å². The van der Waals surface area contributed by atoms with Crippen LogP contribution >= 0.6 is 11.3 Å². The van der Waals surface area contributed by atoms with Gasteiger partial charge in [-0.1, -0.05) is 38.1 Å². The molecule has 0 aliphatic rings. The van der Waals surface area contributed by atoms with E-state index in [1.165, 1.54) is 16.9 Å². The molecule has 0 fully saturated rings. The third-order valence-corrected chi connectivity index (χ3v) is 3.47. The van der Waals surface area contributed by atoms with E-state index in [9.17, 15) is 4.79 Å². The standard InChI is InChI=1S/C14H15NOS/c1-10(2)11-3-5-12(6-4-11)13(16)9-14-15-7-8-17-14/h3-8,10H,9H2,1-2H3. The number of thiazole rings is 1. The van der Waals surface area contributed by atoms with E-state index in [0.717, 1.165) is 10.6 Å². The highest BCUT2D eigenvalue weighted by molar-refractivity contribution is 7.09. The molecule has 1 aromatic heterocycles. The predicted molar refractivity (Wildman–Crippen MR) is 70.7 cm³/mol. The zero-order valence-corrected chi connectivity index (χ0v) is 10.8. The summed E-state index contributed by atoms with van der Waals surface area (Å²) >= 11 is 1.52. The van der Waals surface area contributed by atoms with Gasteiger partial charge in [-0.15, -0.1) is 11.3 Å². The summed E-state index contributed by atoms with van der Waals surface area (Å²) in [6.07, 6.45) is 2.13. The zero-order chi connectivity index (χ0) is 12.3. The van der Waals surface area contributed by atoms with E-state index in [4.69, 9.17) is 0 Å². The quantitative estimate of drug-likeness (QED) is 0.769. The Bertz CT molecular complexity index is 485. The normalized spacial score (nSPS) is 10.8. The van der Waals surface area contributed by atoms with Gasteiger partial charge < -0.3 is 0 Å². The van der Waals surface area contributed by atoms with Gasteiger partial charge in [0.2, 0.25) is 0 Å². The lowest BCUT2D eigenvalue weighted by atomic mass is 10.00. The molecule has 0 unspecified atom stereocenters. The van der Waals surface area contributed by atoms with Crippen LogP contribution in [0.2, 0.25) is 0 Å². The maximum absolute atomic E-state index is 12.0. The Labute approximate surface area is 105 Å². The van der Waals surface area contributed by atoms with Crippen LogP contribution in [0.1, 0.15) is 40.7 Å². The first-order valence-electron chi connectivity index (χ1n) is 5.68. The number of benzene rings is 1. The SMILES string of the molecule is CC(C)c1ccc(C(=O)Cc2nccs2)cc1. The lowest BCUT2D eigenvalue weighted by molar-refractivity contribution is 0.0993. The van der Waals surface area contributed by atoms with Crippen LogP contribution < -0.4 is 0 Å². The summed E-state index contributed by atoms with van der Waals surface area (Å²) in [7, 11) is 0. The fraction of sp³-hybridized carbons (Fsp3) is 0.286. The largest absolute Gasteiger partial charge is 0.294 e. The molecule has 0 saturated heterocycles. The van der Waals surface area contributed by atoms with Gasteiger partial charge in [0, 0.05) is 17.1 Å². The molecule has 0 spiro atoms. The number of carbonyl (C=O) groups is 1. The topological polar surface area (TPSA) is 30.0 Å². The zero-order valence-electron chi connectivity index (χ0n) is 10.0. The van der Waals surface area contributed by atoms with E-state index in [-0.39, 0.29) is 5.78 Å². The molecule has 17 heavy (non-hydrogen) atoms. The summed E-state index contributed by atoms with van der Waals surface area (Å²) in [6.45, 7) is 4.29. The Morgan fingerprint density at radius 1 is 1.29 bits per heavy atom. The lowest BCUT2D eigenvalue weighted by Crippen LogP contribution is -2.03. The molecule has 0 atom stereocenters. The number of nitrogens with zero attached hydrogens (tertiary/aromatic N) is 1. The molecule has 2 nitrogen and oxygen atoms in total. The van der Waals surface area contributed by atoms with Crippen molar-refractivity contribution in [2.75, 3.05) is 0 Å². The summed E-state index contributed by atoms with van der Waals surface area (Å²) in [4.78, 5) is 16.1. The van der Waals surface area contributed by atoms with Gasteiger partial charge in [-0.2, -0.15) is 0 Å². The molecule has 0 amide bonds. The predicted octanol–water partition coefficient (Wildman–Crippen LogP) is 3.69. The van der Waals surface area contributed by atoms with Gasteiger partial charge in [-0.05, 0) is 11.5 Å². The Morgan fingerprint density at radius 2 is 2.00 bits per heavy atom. The van der Waals surface area contributed by atoms with Gasteiger partial charge in [0.25, 0.3) is 0 Å². The van der Waals surface area contributed by atoms with Crippen molar-refractivity contribution in [1.82, 2.24) is 4.98 Å². The second-order valence-corrected chi connectivity index (χ2v) is 5.28. The third kappa shape index (κ3) is 3.01. The molecule has 3 heteroatoms. The minimum Gasteiger partial charge on any atom is -0.294 e. The second kappa shape index (κ2) is 5.23. The molecule has 0 aliphatic heterocycles. The van der Waals surface area contributed by atoms with Gasteiger partial charge >= 0.3 is 0 Å². The van der Waals surface area contributed by atoms with Crippen LogP contribution in [0, 0.1) is 0 Å². The van der Waals surface area contributed by atoms with Crippen molar-refractivity contribution >= 4 is 17.1 Å². The molecule has 0 saturated carbocycles. The number of carbonyl (C=O) groups excluding carboxylic acids is 1. The van der Waals surface area contributed by atoms with Crippen LogP contribution in [0.5, 0.6) is 0 Å². The highest BCUT2D eigenvalue weighted by Gasteiger charge is 2.09. The van der Waals surface area contributed by atoms with Crippen LogP contribution in [0.15, 0.2) is 35.8 Å². The van der Waals surface area contributed by atoms with E-state index in [1.807, 2.05) is 29.6 Å². The molecule has 88 valence electrons. The van der Waals surface area contributed by atoms with Gasteiger partial charge in [0.1, 0.15) is 5.01 Å². The molecular weight excluding hydrogens is 230 g/mol. The summed E-state index contributed by atoms with van der Waals surface area (Å²) < 4.78 is 0. The van der Waals surface area contributed by atoms with Crippen molar-refractivity contribution in [2.45, 2.75) is 26.2 Å². The fourth-order valence-electron chi connectivity index (χ4n) is 1.63. The first-order valence-corrected chi connectivity index (χ1v) is 6.56. The average Bonchev–Trinajstić information content (AvgIpc) is 2.82. The Balaban J connectivity index is 2.09. The Hall–Kier alpha value is -1.48. The molecule has 0 aliphatic carbocycles. The van der Waals surface area contributed by atoms with Crippen LogP contribution in [0.3, 0.4) is 0 Å². The number of rotatable bonds is 4. The Kier molecular flexibility index (Phi) is 3.69. The van der Waals surface area contributed by atoms with Crippen molar-refractivity contribution in [3.63, 3.8) is 0 Å². The third-order valence-electron chi connectivity index (χ3n) is 2.69. The molecule has 0 bridgehead atoms. The minimum atomic E-state index is 0.134. The van der Waals surface area contributed by atoms with Gasteiger partial charge in [-0.25, -0.2) is 4.98 Å². The molecule has 0 N–H and O–H groups in total. The number of ketones is 1. The van der Waals surface area contributed by atoms with Crippen LogP contribution in [0.4, 0.5) is 0 Å². The smallest absolute Gasteiger partial charge is 0.169 e. The van der Waals surface area contributed by atoms with Crippen LogP contribution in [-0.4, -0.2) is 10.8 Å². The van der Waals surface area contributed by atoms with Crippen molar-refractivity contribution in [2.24, 2.45) is 0 Å². The molecule has 1 aromatic carbocycles. The highest BCUT2D eigenvalue weighted by Crippen LogP contribution is 2.16. The second-order valence-electron chi connectivity index (χ2n) is 4.30. The maximum Gasteiger partial charge on any atom is 0.169 e. The highest BCUT2D eigenvalue weighted by atomic mass is 32.1. The monoisotopic (exact) mass is 245 g/mol. The average molecular weight is 245 g/mol. The number of hydrogen-bond acceptors (Lipinski definition) is 3. The summed E-state index contributed by atoms with van der Waals surface area (Å²) in [6, 6.07) is 7.87. The van der Waals surface area contributed by atoms with Crippen molar-refractivity contribution < 1.29 is 4.79 Å². The van der Waals surface area contributed by atoms with Gasteiger partial charge in [-0.3, -0.25) is 4.79 Å². The minimum absolute atomic E-state index is 0.134. The number of aromatic nitrogens is 1. The fourth-order valence-corrected chi connectivity index (χ4v) is 2.25. The number of hydrogen-bond donors (Lipinski definition) is 0. The molecule has 2 rings (SSSR count). The summed E-state index contributed by atoms with van der Waals surface area (Å²) in [5.41, 5.74) is 2.03. The summed E-state index contributed by atoms with van der Waals surface area (Å²) in [5, 5.41) is 2.77. The van der Waals surface area contributed by atoms with E-state index >= 15 is 0 Å². The van der Waals surface area contributed by atoms with Crippen molar-refractivity contribution in [3.8, 4) is 0 Å². The molecule has 0 radical (unpaired) electrons. The van der Waals surface area contributed by atoms with Crippen molar-refractivity contribution in [1.29, 1.82) is 0 Å². The number of Topliss-reactive ketones (excluding diaryl/α,β-unsaturated/α-hetero) is 1. The first-order chi connectivity index (χ1) is 8.16. The lowest BCUT2D eigenvalue weighted by Gasteiger charge is -2.05. The van der Waals surface area contributed by atoms with E-state index in [0.29, 0.717) is 12.3 Å².